The number of aryl methyl sites for hydroxylation is 1. The highest BCUT2D eigenvalue weighted by Gasteiger charge is 1.99. The highest BCUT2D eigenvalue weighted by Crippen LogP contribution is 2.18. The van der Waals surface area contributed by atoms with Gasteiger partial charge in [-0.1, -0.05) is 18.3 Å². The van der Waals surface area contributed by atoms with Gasteiger partial charge >= 0.3 is 0 Å². The molecule has 92 valence electrons. The topological polar surface area (TPSA) is 43.6 Å². The van der Waals surface area contributed by atoms with E-state index in [1.54, 1.807) is 18.5 Å². The molecule has 0 amide bonds. The van der Waals surface area contributed by atoms with E-state index in [1.165, 1.54) is 24.0 Å². The number of thioether (sulfide) groups is 1. The van der Waals surface area contributed by atoms with Gasteiger partial charge in [0.1, 0.15) is 12.1 Å². The van der Waals surface area contributed by atoms with E-state index in [-0.39, 0.29) is 5.82 Å². The number of aromatic nitrogens is 4. The number of nitrogens with zero attached hydrogens (tertiary/aromatic N) is 4. The van der Waals surface area contributed by atoms with E-state index in [1.807, 2.05) is 17.0 Å². The first-order valence-electron chi connectivity index (χ1n) is 5.15. The fourth-order valence-electron chi connectivity index (χ4n) is 1.21. The van der Waals surface area contributed by atoms with E-state index in [0.717, 1.165) is 5.16 Å². The normalized spacial score (nSPS) is 11.0. The molecule has 0 unspecified atom stereocenters. The molecule has 2 aromatic heterocycles. The van der Waals surface area contributed by atoms with Gasteiger partial charge in [-0.05, 0) is 29.2 Å². The lowest BCUT2D eigenvalue weighted by atomic mass is 10.2. The van der Waals surface area contributed by atoms with E-state index < -0.39 is 0 Å². The molecule has 0 bridgehead atoms. The molecule has 0 aliphatic rings. The summed E-state index contributed by atoms with van der Waals surface area (Å²) < 4.78 is 14.5. The molecule has 0 atom stereocenters. The number of allylic oxidation sites excluding steroid dienone is 2. The maximum absolute atomic E-state index is 12.7. The lowest BCUT2D eigenvalue weighted by Crippen LogP contribution is -1.87. The average Bonchev–Trinajstić information content (AvgIpc) is 2.76. The second-order valence-corrected chi connectivity index (χ2v) is 4.40. The zero-order valence-electron chi connectivity index (χ0n) is 9.75. The lowest BCUT2D eigenvalue weighted by Gasteiger charge is -1.98. The van der Waals surface area contributed by atoms with Crippen LogP contribution in [0, 0.1) is 5.82 Å². The van der Waals surface area contributed by atoms with Crippen LogP contribution in [-0.4, -0.2) is 19.7 Å². The summed E-state index contributed by atoms with van der Waals surface area (Å²) in [6.45, 7) is 3.87. The van der Waals surface area contributed by atoms with Gasteiger partial charge in [0, 0.05) is 7.05 Å². The predicted octanol–water partition coefficient (Wildman–Crippen LogP) is 2.67. The van der Waals surface area contributed by atoms with Crippen molar-refractivity contribution in [2.24, 2.45) is 7.05 Å². The molecule has 0 aromatic carbocycles. The third kappa shape index (κ3) is 3.04. The molecular formula is C12H11FN4S. The smallest absolute Gasteiger partial charge is 0.194 e. The highest BCUT2D eigenvalue weighted by atomic mass is 32.2. The third-order valence-electron chi connectivity index (χ3n) is 2.17. The van der Waals surface area contributed by atoms with E-state index >= 15 is 0 Å². The quantitative estimate of drug-likeness (QED) is 0.627. The van der Waals surface area contributed by atoms with Gasteiger partial charge in [0.15, 0.2) is 5.16 Å². The first kappa shape index (κ1) is 12.5. The van der Waals surface area contributed by atoms with E-state index in [0.29, 0.717) is 11.3 Å². The molecule has 0 spiro atoms. The third-order valence-corrected chi connectivity index (χ3v) is 3.02. The van der Waals surface area contributed by atoms with Crippen molar-refractivity contribution in [3.63, 3.8) is 0 Å². The lowest BCUT2D eigenvalue weighted by molar-refractivity contribution is 0.621. The molecule has 2 heterocycles. The first-order valence-corrected chi connectivity index (χ1v) is 6.03. The molecule has 0 aliphatic heterocycles. The Morgan fingerprint density at radius 1 is 1.50 bits per heavy atom. The van der Waals surface area contributed by atoms with E-state index in [9.17, 15) is 4.39 Å². The van der Waals surface area contributed by atoms with Crippen LogP contribution >= 0.6 is 11.8 Å². The molecule has 0 saturated carbocycles. The molecule has 0 N–H and O–H groups in total. The molecule has 0 fully saturated rings. The van der Waals surface area contributed by atoms with E-state index in [4.69, 9.17) is 0 Å². The van der Waals surface area contributed by atoms with Crippen molar-refractivity contribution in [3.05, 3.63) is 54.2 Å². The van der Waals surface area contributed by atoms with Crippen LogP contribution in [0.3, 0.4) is 0 Å². The number of halogens is 1. The van der Waals surface area contributed by atoms with Crippen molar-refractivity contribution in [2.75, 3.05) is 0 Å². The van der Waals surface area contributed by atoms with Gasteiger partial charge in [0.25, 0.3) is 0 Å². The minimum Gasteiger partial charge on any atom is -0.312 e. The van der Waals surface area contributed by atoms with Crippen molar-refractivity contribution < 1.29 is 4.39 Å². The van der Waals surface area contributed by atoms with Crippen LogP contribution in [0.1, 0.15) is 5.69 Å². The standard InChI is InChI=1S/C12H11FN4S/c1-9(11-4-3-10(13)7-14-11)5-6-18-12-16-15-8-17(12)2/h3-8H,1H2,2H3/b6-5+. The second kappa shape index (κ2) is 5.59. The van der Waals surface area contributed by atoms with Crippen LogP contribution in [0.4, 0.5) is 4.39 Å². The van der Waals surface area contributed by atoms with Crippen molar-refractivity contribution in [2.45, 2.75) is 5.16 Å². The zero-order valence-corrected chi connectivity index (χ0v) is 10.6. The summed E-state index contributed by atoms with van der Waals surface area (Å²) in [6.07, 6.45) is 4.61. The van der Waals surface area contributed by atoms with E-state index in [2.05, 4.69) is 21.8 Å². The summed E-state index contributed by atoms with van der Waals surface area (Å²) in [4.78, 5) is 3.94. The summed E-state index contributed by atoms with van der Waals surface area (Å²) in [7, 11) is 1.87. The SMILES string of the molecule is C=C(/C=C/Sc1nncn1C)c1ccc(F)cn1. The van der Waals surface area contributed by atoms with Crippen molar-refractivity contribution in [3.8, 4) is 0 Å². The van der Waals surface area contributed by atoms with Gasteiger partial charge in [-0.15, -0.1) is 10.2 Å². The molecule has 6 heteroatoms. The van der Waals surface area contributed by atoms with Gasteiger partial charge in [0.05, 0.1) is 11.9 Å². The number of hydrogen-bond acceptors (Lipinski definition) is 4. The number of rotatable bonds is 4. The maximum atomic E-state index is 12.7. The van der Waals surface area contributed by atoms with Crippen LogP contribution in [0.25, 0.3) is 5.57 Å². The van der Waals surface area contributed by atoms with Crippen LogP contribution < -0.4 is 0 Å². The highest BCUT2D eigenvalue weighted by molar-refractivity contribution is 8.02. The Hall–Kier alpha value is -1.95. The van der Waals surface area contributed by atoms with Crippen molar-refractivity contribution >= 4 is 17.3 Å². The predicted molar refractivity (Wildman–Crippen MR) is 69.2 cm³/mol. The molecular weight excluding hydrogens is 251 g/mol. The molecule has 2 rings (SSSR count). The fraction of sp³-hybridized carbons (Fsp3) is 0.0833. The molecule has 0 radical (unpaired) electrons. The monoisotopic (exact) mass is 262 g/mol. The largest absolute Gasteiger partial charge is 0.312 e. The summed E-state index contributed by atoms with van der Waals surface area (Å²) >= 11 is 1.43. The van der Waals surface area contributed by atoms with Crippen LogP contribution in [-0.2, 0) is 7.05 Å². The Morgan fingerprint density at radius 3 is 2.94 bits per heavy atom. The Balaban J connectivity index is 1.99. The Labute approximate surface area is 108 Å². The molecule has 2 aromatic rings. The fourth-order valence-corrected chi connectivity index (χ4v) is 1.87. The Kier molecular flexibility index (Phi) is 3.88. The molecule has 0 aliphatic carbocycles. The van der Waals surface area contributed by atoms with Gasteiger partial charge in [0.2, 0.25) is 0 Å². The first-order chi connectivity index (χ1) is 8.66. The summed E-state index contributed by atoms with van der Waals surface area (Å²) in [5.74, 6) is -0.357. The van der Waals surface area contributed by atoms with Gasteiger partial charge in [-0.3, -0.25) is 4.98 Å². The second-order valence-electron chi connectivity index (χ2n) is 3.53. The molecule has 4 nitrogen and oxygen atoms in total. The summed E-state index contributed by atoms with van der Waals surface area (Å²) in [6, 6.07) is 2.95. The maximum Gasteiger partial charge on any atom is 0.194 e. The zero-order chi connectivity index (χ0) is 13.0. The van der Waals surface area contributed by atoms with Gasteiger partial charge < -0.3 is 4.57 Å². The molecule has 18 heavy (non-hydrogen) atoms. The minimum absolute atomic E-state index is 0.357. The number of hydrogen-bond donors (Lipinski definition) is 0. The molecule has 0 saturated heterocycles. The van der Waals surface area contributed by atoms with Crippen molar-refractivity contribution in [1.82, 2.24) is 19.7 Å². The van der Waals surface area contributed by atoms with Crippen LogP contribution in [0.15, 0.2) is 47.9 Å². The Bertz CT molecular complexity index is 574. The summed E-state index contributed by atoms with van der Waals surface area (Å²) in [5, 5.41) is 10.3. The van der Waals surface area contributed by atoms with Crippen molar-refractivity contribution in [1.29, 1.82) is 0 Å². The average molecular weight is 262 g/mol. The Morgan fingerprint density at radius 2 is 2.33 bits per heavy atom. The summed E-state index contributed by atoms with van der Waals surface area (Å²) in [5.41, 5.74) is 1.36. The number of pyridine rings is 1. The van der Waals surface area contributed by atoms with Gasteiger partial charge in [-0.2, -0.15) is 0 Å². The van der Waals surface area contributed by atoms with Crippen LogP contribution in [0.2, 0.25) is 0 Å². The van der Waals surface area contributed by atoms with Crippen LogP contribution in [0.5, 0.6) is 0 Å². The minimum atomic E-state index is -0.357. The van der Waals surface area contributed by atoms with Gasteiger partial charge in [-0.25, -0.2) is 4.39 Å².